The normalized spacial score (nSPS) is 18.2. The van der Waals surface area contributed by atoms with Crippen LogP contribution in [0.1, 0.15) is 31.9 Å². The van der Waals surface area contributed by atoms with E-state index in [-0.39, 0.29) is 0 Å². The van der Waals surface area contributed by atoms with E-state index in [1.54, 1.807) is 0 Å². The Labute approximate surface area is 153 Å². The van der Waals surface area contributed by atoms with Crippen LogP contribution in [0.15, 0.2) is 29.3 Å². The average molecular weight is 346 g/mol. The molecule has 1 unspecified atom stereocenters. The van der Waals surface area contributed by atoms with Crippen molar-refractivity contribution in [1.82, 2.24) is 20.4 Å². The summed E-state index contributed by atoms with van der Waals surface area (Å²) < 4.78 is 0. The van der Waals surface area contributed by atoms with E-state index < -0.39 is 0 Å². The van der Waals surface area contributed by atoms with Crippen LogP contribution in [0, 0.1) is 6.92 Å². The van der Waals surface area contributed by atoms with Crippen molar-refractivity contribution in [3.63, 3.8) is 0 Å². The van der Waals surface area contributed by atoms with Crippen LogP contribution in [0.4, 0.5) is 0 Å². The Morgan fingerprint density at radius 2 is 1.84 bits per heavy atom. The standard InChI is InChI=1S/C20H35N5/c1-5-21-20(23-16-19-10-8-7-9-17(19)3)22-15-18(4)25-13-11-24(6-2)12-14-25/h7-10,18H,5-6,11-16H2,1-4H3,(H2,21,22,23). The number of guanidine groups is 1. The molecule has 1 aromatic carbocycles. The Bertz CT molecular complexity index is 535. The maximum atomic E-state index is 4.75. The van der Waals surface area contributed by atoms with Crippen LogP contribution in [-0.4, -0.2) is 67.6 Å². The second kappa shape index (κ2) is 10.4. The molecule has 1 aromatic rings. The third-order valence-corrected chi connectivity index (χ3v) is 5.06. The Morgan fingerprint density at radius 1 is 1.12 bits per heavy atom. The zero-order valence-corrected chi connectivity index (χ0v) is 16.4. The largest absolute Gasteiger partial charge is 0.357 e. The third-order valence-electron chi connectivity index (χ3n) is 5.06. The lowest BCUT2D eigenvalue weighted by molar-refractivity contribution is 0.107. The van der Waals surface area contributed by atoms with E-state index in [0.29, 0.717) is 12.6 Å². The monoisotopic (exact) mass is 345 g/mol. The van der Waals surface area contributed by atoms with Crippen molar-refractivity contribution in [1.29, 1.82) is 0 Å². The predicted molar refractivity (Wildman–Crippen MR) is 107 cm³/mol. The molecule has 25 heavy (non-hydrogen) atoms. The molecule has 0 bridgehead atoms. The minimum absolute atomic E-state index is 0.515. The zero-order valence-electron chi connectivity index (χ0n) is 16.4. The summed E-state index contributed by atoms with van der Waals surface area (Å²) in [5.41, 5.74) is 2.58. The fraction of sp³-hybridized carbons (Fsp3) is 0.650. The molecule has 0 spiro atoms. The van der Waals surface area contributed by atoms with Crippen molar-refractivity contribution in [3.05, 3.63) is 35.4 Å². The average Bonchev–Trinajstić information content (AvgIpc) is 2.65. The van der Waals surface area contributed by atoms with E-state index in [9.17, 15) is 0 Å². The molecule has 140 valence electrons. The van der Waals surface area contributed by atoms with Gasteiger partial charge >= 0.3 is 0 Å². The fourth-order valence-corrected chi connectivity index (χ4v) is 3.19. The van der Waals surface area contributed by atoms with Gasteiger partial charge in [0.2, 0.25) is 0 Å². The van der Waals surface area contributed by atoms with Crippen molar-refractivity contribution in [2.75, 3.05) is 45.8 Å². The van der Waals surface area contributed by atoms with Gasteiger partial charge in [0.15, 0.2) is 5.96 Å². The molecule has 1 saturated heterocycles. The maximum Gasteiger partial charge on any atom is 0.191 e. The van der Waals surface area contributed by atoms with Gasteiger partial charge in [-0.1, -0.05) is 31.2 Å². The molecule has 1 heterocycles. The van der Waals surface area contributed by atoms with Gasteiger partial charge in [-0.05, 0) is 38.4 Å². The summed E-state index contributed by atoms with van der Waals surface area (Å²) in [6.07, 6.45) is 0. The first-order chi connectivity index (χ1) is 12.1. The van der Waals surface area contributed by atoms with E-state index in [1.807, 2.05) is 0 Å². The number of nitrogens with one attached hydrogen (secondary N) is 2. The lowest BCUT2D eigenvalue weighted by Gasteiger charge is -2.37. The lowest BCUT2D eigenvalue weighted by Crippen LogP contribution is -2.53. The number of rotatable bonds is 7. The molecule has 5 nitrogen and oxygen atoms in total. The van der Waals surface area contributed by atoms with Gasteiger partial charge in [0.1, 0.15) is 0 Å². The molecule has 0 radical (unpaired) electrons. The summed E-state index contributed by atoms with van der Waals surface area (Å²) in [6.45, 7) is 17.2. The van der Waals surface area contributed by atoms with Gasteiger partial charge in [-0.15, -0.1) is 0 Å². The molecule has 0 saturated carbocycles. The van der Waals surface area contributed by atoms with Gasteiger partial charge in [-0.3, -0.25) is 4.90 Å². The predicted octanol–water partition coefficient (Wildman–Crippen LogP) is 2.08. The first-order valence-corrected chi connectivity index (χ1v) is 9.67. The summed E-state index contributed by atoms with van der Waals surface area (Å²) in [4.78, 5) is 9.85. The number of hydrogen-bond acceptors (Lipinski definition) is 3. The van der Waals surface area contributed by atoms with Gasteiger partial charge < -0.3 is 15.5 Å². The summed E-state index contributed by atoms with van der Waals surface area (Å²) in [5.74, 6) is 0.907. The number of nitrogens with zero attached hydrogens (tertiary/aromatic N) is 3. The van der Waals surface area contributed by atoms with Crippen LogP contribution in [0.5, 0.6) is 0 Å². The van der Waals surface area contributed by atoms with Crippen molar-refractivity contribution in [2.24, 2.45) is 4.99 Å². The second-order valence-corrected chi connectivity index (χ2v) is 6.82. The van der Waals surface area contributed by atoms with Crippen molar-refractivity contribution in [3.8, 4) is 0 Å². The van der Waals surface area contributed by atoms with Crippen LogP contribution < -0.4 is 10.6 Å². The Kier molecular flexibility index (Phi) is 8.22. The number of likely N-dealkylation sites (N-methyl/N-ethyl adjacent to an activating group) is 1. The molecule has 2 N–H and O–H groups in total. The Balaban J connectivity index is 1.84. The first-order valence-electron chi connectivity index (χ1n) is 9.67. The van der Waals surface area contributed by atoms with Crippen LogP contribution in [0.2, 0.25) is 0 Å². The van der Waals surface area contributed by atoms with Gasteiger partial charge in [0, 0.05) is 45.3 Å². The molecule has 1 fully saturated rings. The van der Waals surface area contributed by atoms with Crippen molar-refractivity contribution < 1.29 is 0 Å². The molecule has 1 aliphatic rings. The number of aliphatic imine (C=N–C) groups is 1. The van der Waals surface area contributed by atoms with Crippen LogP contribution in [0.3, 0.4) is 0 Å². The second-order valence-electron chi connectivity index (χ2n) is 6.82. The number of benzene rings is 1. The van der Waals surface area contributed by atoms with Gasteiger partial charge in [-0.25, -0.2) is 4.99 Å². The topological polar surface area (TPSA) is 42.9 Å². The summed E-state index contributed by atoms with van der Waals surface area (Å²) in [5, 5.41) is 6.88. The molecule has 0 amide bonds. The molecule has 0 aromatic heterocycles. The van der Waals surface area contributed by atoms with E-state index >= 15 is 0 Å². The molecule has 1 aliphatic heterocycles. The highest BCUT2D eigenvalue weighted by Crippen LogP contribution is 2.08. The van der Waals surface area contributed by atoms with Gasteiger partial charge in [0.05, 0.1) is 6.54 Å². The number of aryl methyl sites for hydroxylation is 1. The highest BCUT2D eigenvalue weighted by Gasteiger charge is 2.20. The maximum absolute atomic E-state index is 4.75. The van der Waals surface area contributed by atoms with E-state index in [4.69, 9.17) is 4.99 Å². The Hall–Kier alpha value is -1.59. The minimum atomic E-state index is 0.515. The summed E-state index contributed by atoms with van der Waals surface area (Å²) in [7, 11) is 0. The highest BCUT2D eigenvalue weighted by molar-refractivity contribution is 5.79. The molecule has 5 heteroatoms. The minimum Gasteiger partial charge on any atom is -0.357 e. The van der Waals surface area contributed by atoms with E-state index in [2.05, 4.69) is 72.4 Å². The van der Waals surface area contributed by atoms with Gasteiger partial charge in [-0.2, -0.15) is 0 Å². The first kappa shape index (κ1) is 19.7. The van der Waals surface area contributed by atoms with Gasteiger partial charge in [0.25, 0.3) is 0 Å². The van der Waals surface area contributed by atoms with Crippen molar-refractivity contribution in [2.45, 2.75) is 40.3 Å². The SMILES string of the molecule is CCNC(=NCc1ccccc1C)NCC(C)N1CCN(CC)CC1. The van der Waals surface area contributed by atoms with Crippen molar-refractivity contribution >= 4 is 5.96 Å². The Morgan fingerprint density at radius 3 is 2.48 bits per heavy atom. The molecule has 0 aliphatic carbocycles. The van der Waals surface area contributed by atoms with Crippen LogP contribution in [-0.2, 0) is 6.54 Å². The number of hydrogen-bond donors (Lipinski definition) is 2. The smallest absolute Gasteiger partial charge is 0.191 e. The third kappa shape index (κ3) is 6.33. The molecular weight excluding hydrogens is 310 g/mol. The zero-order chi connectivity index (χ0) is 18.1. The fourth-order valence-electron chi connectivity index (χ4n) is 3.19. The highest BCUT2D eigenvalue weighted by atomic mass is 15.3. The number of piperazine rings is 1. The summed E-state index contributed by atoms with van der Waals surface area (Å²) >= 11 is 0. The van der Waals surface area contributed by atoms with Crippen LogP contribution in [0.25, 0.3) is 0 Å². The molecule has 2 rings (SSSR count). The van der Waals surface area contributed by atoms with E-state index in [1.165, 1.54) is 24.2 Å². The van der Waals surface area contributed by atoms with Crippen LogP contribution >= 0.6 is 0 Å². The molecule has 1 atom stereocenters. The quantitative estimate of drug-likeness (QED) is 0.586. The lowest BCUT2D eigenvalue weighted by atomic mass is 10.1. The summed E-state index contributed by atoms with van der Waals surface area (Å²) in [6, 6.07) is 8.96. The molecular formula is C20H35N5. The van der Waals surface area contributed by atoms with E-state index in [0.717, 1.165) is 38.7 Å².